The molecule has 0 aliphatic heterocycles. The lowest BCUT2D eigenvalue weighted by atomic mass is 9.89. The lowest BCUT2D eigenvalue weighted by Gasteiger charge is -2.23. The highest BCUT2D eigenvalue weighted by molar-refractivity contribution is 7.92. The van der Waals surface area contributed by atoms with Gasteiger partial charge in [-0.2, -0.15) is 0 Å². The van der Waals surface area contributed by atoms with E-state index in [1.165, 1.54) is 5.56 Å². The third kappa shape index (κ3) is 6.37. The number of nitrogens with one attached hydrogen (secondary N) is 2. The zero-order valence-electron chi connectivity index (χ0n) is 22.2. The van der Waals surface area contributed by atoms with Crippen LogP contribution in [0, 0.1) is 0 Å². The summed E-state index contributed by atoms with van der Waals surface area (Å²) in [4.78, 5) is 2.46. The van der Waals surface area contributed by atoms with Gasteiger partial charge in [-0.25, -0.2) is 8.42 Å². The standard InChI is InChI=1S/C29H39N3O2S/c1-19(2)22-17-27(20(3)4)29(28(18-22)21(5)6)35(33,34)31-25-11-9-23(10-12-25)30-24-13-15-26(16-14-24)32(7)8/h9-21,30-31H,1-8H3. The number of nitrogens with zero attached hydrogens (tertiary/aromatic N) is 1. The van der Waals surface area contributed by atoms with Crippen LogP contribution < -0.4 is 14.9 Å². The van der Waals surface area contributed by atoms with Crippen molar-refractivity contribution in [3.63, 3.8) is 0 Å². The zero-order valence-corrected chi connectivity index (χ0v) is 23.0. The molecule has 0 bridgehead atoms. The maximum absolute atomic E-state index is 13.7. The Morgan fingerprint density at radius 1 is 0.657 bits per heavy atom. The van der Waals surface area contributed by atoms with E-state index >= 15 is 0 Å². The molecule has 2 N–H and O–H groups in total. The highest BCUT2D eigenvalue weighted by atomic mass is 32.2. The number of rotatable bonds is 9. The van der Waals surface area contributed by atoms with Crippen LogP contribution in [-0.4, -0.2) is 22.5 Å². The molecule has 6 heteroatoms. The fourth-order valence-corrected chi connectivity index (χ4v) is 5.80. The summed E-state index contributed by atoms with van der Waals surface area (Å²) >= 11 is 0. The Labute approximate surface area is 211 Å². The molecule has 0 heterocycles. The molecule has 3 rings (SSSR count). The Kier molecular flexibility index (Phi) is 8.16. The molecule has 0 saturated carbocycles. The number of anilines is 4. The normalized spacial score (nSPS) is 11.9. The molecule has 0 aliphatic carbocycles. The van der Waals surface area contributed by atoms with Crippen LogP contribution in [0.1, 0.15) is 76.0 Å². The molecule has 0 aromatic heterocycles. The molecule has 0 fully saturated rings. The highest BCUT2D eigenvalue weighted by Crippen LogP contribution is 2.36. The second-order valence-corrected chi connectivity index (χ2v) is 11.9. The van der Waals surface area contributed by atoms with Gasteiger partial charge in [-0.15, -0.1) is 0 Å². The minimum Gasteiger partial charge on any atom is -0.378 e. The van der Waals surface area contributed by atoms with Gasteiger partial charge in [0.2, 0.25) is 0 Å². The molecule has 5 nitrogen and oxygen atoms in total. The second kappa shape index (κ2) is 10.7. The summed E-state index contributed by atoms with van der Waals surface area (Å²) in [6.45, 7) is 12.5. The van der Waals surface area contributed by atoms with Crippen LogP contribution in [0.2, 0.25) is 0 Å². The number of hydrogen-bond donors (Lipinski definition) is 2. The predicted molar refractivity (Wildman–Crippen MR) is 150 cm³/mol. The van der Waals surface area contributed by atoms with Crippen LogP contribution in [0.15, 0.2) is 65.6 Å². The van der Waals surface area contributed by atoms with Gasteiger partial charge in [0.25, 0.3) is 10.0 Å². The van der Waals surface area contributed by atoms with Gasteiger partial charge in [0.05, 0.1) is 4.90 Å². The third-order valence-electron chi connectivity index (χ3n) is 6.16. The van der Waals surface area contributed by atoms with Gasteiger partial charge >= 0.3 is 0 Å². The minimum absolute atomic E-state index is 0.0863. The Bertz CT molecular complexity index is 1220. The van der Waals surface area contributed by atoms with E-state index in [0.717, 1.165) is 28.2 Å². The lowest BCUT2D eigenvalue weighted by molar-refractivity contribution is 0.595. The molecule has 0 unspecified atom stereocenters. The van der Waals surface area contributed by atoms with Crippen LogP contribution in [-0.2, 0) is 10.0 Å². The Morgan fingerprint density at radius 2 is 1.09 bits per heavy atom. The quantitative estimate of drug-likeness (QED) is 0.321. The summed E-state index contributed by atoms with van der Waals surface area (Å²) in [5, 5.41) is 3.36. The van der Waals surface area contributed by atoms with Gasteiger partial charge in [0.1, 0.15) is 0 Å². The first-order chi connectivity index (χ1) is 16.4. The monoisotopic (exact) mass is 493 g/mol. The summed E-state index contributed by atoms with van der Waals surface area (Å²) in [6, 6.07) is 19.6. The van der Waals surface area contributed by atoms with Crippen molar-refractivity contribution in [1.82, 2.24) is 0 Å². The maximum Gasteiger partial charge on any atom is 0.262 e. The molecule has 0 radical (unpaired) electrons. The van der Waals surface area contributed by atoms with E-state index in [1.54, 1.807) is 12.1 Å². The van der Waals surface area contributed by atoms with E-state index in [1.807, 2.05) is 78.2 Å². The van der Waals surface area contributed by atoms with Crippen molar-refractivity contribution in [1.29, 1.82) is 0 Å². The highest BCUT2D eigenvalue weighted by Gasteiger charge is 2.27. The molecular formula is C29H39N3O2S. The van der Waals surface area contributed by atoms with Gasteiger partial charge < -0.3 is 10.2 Å². The minimum atomic E-state index is -3.77. The van der Waals surface area contributed by atoms with Crippen molar-refractivity contribution in [2.75, 3.05) is 29.0 Å². The van der Waals surface area contributed by atoms with Crippen molar-refractivity contribution in [2.45, 2.75) is 64.2 Å². The van der Waals surface area contributed by atoms with Crippen molar-refractivity contribution < 1.29 is 8.42 Å². The van der Waals surface area contributed by atoms with Crippen LogP contribution in [0.4, 0.5) is 22.7 Å². The summed E-state index contributed by atoms with van der Waals surface area (Å²) in [6.07, 6.45) is 0. The van der Waals surface area contributed by atoms with E-state index in [4.69, 9.17) is 0 Å². The summed E-state index contributed by atoms with van der Waals surface area (Å²) < 4.78 is 30.2. The van der Waals surface area contributed by atoms with Crippen LogP contribution in [0.5, 0.6) is 0 Å². The Hall–Kier alpha value is -2.99. The molecule has 0 spiro atoms. The van der Waals surface area contributed by atoms with E-state index in [0.29, 0.717) is 16.5 Å². The first kappa shape index (κ1) is 26.6. The third-order valence-corrected chi connectivity index (χ3v) is 7.67. The van der Waals surface area contributed by atoms with Gasteiger partial charge in [-0.05, 0) is 83.0 Å². The zero-order chi connectivity index (χ0) is 25.9. The Balaban J connectivity index is 1.89. The lowest BCUT2D eigenvalue weighted by Crippen LogP contribution is -2.19. The van der Waals surface area contributed by atoms with Crippen LogP contribution in [0.25, 0.3) is 0 Å². The summed E-state index contributed by atoms with van der Waals surface area (Å²) in [7, 11) is 0.251. The van der Waals surface area contributed by atoms with Gasteiger partial charge in [-0.1, -0.05) is 53.7 Å². The molecule has 0 saturated heterocycles. The predicted octanol–water partition coefficient (Wildman–Crippen LogP) is 7.67. The first-order valence-electron chi connectivity index (χ1n) is 12.2. The molecule has 188 valence electrons. The van der Waals surface area contributed by atoms with Gasteiger partial charge in [0, 0.05) is 36.8 Å². The molecular weight excluding hydrogens is 454 g/mol. The largest absolute Gasteiger partial charge is 0.378 e. The van der Waals surface area contributed by atoms with Crippen molar-refractivity contribution in [3.05, 3.63) is 77.4 Å². The average molecular weight is 494 g/mol. The summed E-state index contributed by atoms with van der Waals surface area (Å²) in [5.41, 5.74) is 6.43. The molecule has 35 heavy (non-hydrogen) atoms. The van der Waals surface area contributed by atoms with Crippen molar-refractivity contribution >= 4 is 32.8 Å². The number of hydrogen-bond acceptors (Lipinski definition) is 4. The van der Waals surface area contributed by atoms with E-state index in [-0.39, 0.29) is 11.8 Å². The van der Waals surface area contributed by atoms with Gasteiger partial charge in [0.15, 0.2) is 0 Å². The smallest absolute Gasteiger partial charge is 0.262 e. The molecule has 3 aromatic rings. The van der Waals surface area contributed by atoms with Gasteiger partial charge in [-0.3, -0.25) is 4.72 Å². The summed E-state index contributed by atoms with van der Waals surface area (Å²) in [5.74, 6) is 0.500. The molecule has 0 atom stereocenters. The van der Waals surface area contributed by atoms with Crippen LogP contribution >= 0.6 is 0 Å². The van der Waals surface area contributed by atoms with Crippen molar-refractivity contribution in [2.24, 2.45) is 0 Å². The SMILES string of the molecule is CC(C)c1cc(C(C)C)c(S(=O)(=O)Nc2ccc(Nc3ccc(N(C)C)cc3)cc2)c(C(C)C)c1. The van der Waals surface area contributed by atoms with E-state index in [2.05, 4.69) is 40.9 Å². The fraction of sp³-hybridized carbons (Fsp3) is 0.379. The number of sulfonamides is 1. The van der Waals surface area contributed by atoms with Crippen molar-refractivity contribution in [3.8, 4) is 0 Å². The topological polar surface area (TPSA) is 61.4 Å². The fourth-order valence-electron chi connectivity index (χ4n) is 4.04. The molecule has 0 amide bonds. The second-order valence-electron chi connectivity index (χ2n) is 10.2. The van der Waals surface area contributed by atoms with E-state index < -0.39 is 10.0 Å². The molecule has 3 aromatic carbocycles. The van der Waals surface area contributed by atoms with E-state index in [9.17, 15) is 8.42 Å². The first-order valence-corrected chi connectivity index (χ1v) is 13.7. The average Bonchev–Trinajstić information content (AvgIpc) is 2.79. The maximum atomic E-state index is 13.7. The number of benzene rings is 3. The Morgan fingerprint density at radius 3 is 1.49 bits per heavy atom. The molecule has 0 aliphatic rings. The van der Waals surface area contributed by atoms with Crippen LogP contribution in [0.3, 0.4) is 0 Å².